The maximum Gasteiger partial charge on any atom is 0.316 e. The number of nitrogens with zero attached hydrogens (tertiary/aromatic N) is 2. The average molecular weight is 485 g/mol. The van der Waals surface area contributed by atoms with Crippen molar-refractivity contribution >= 4 is 35.1 Å². The Balaban J connectivity index is 1.27. The minimum Gasteiger partial charge on any atom is -0.494 e. The number of fused-ring (bicyclic) bond motifs is 1. The molecule has 1 fully saturated rings. The van der Waals surface area contributed by atoms with Gasteiger partial charge in [0.05, 0.1) is 29.3 Å². The fourth-order valence-electron chi connectivity index (χ4n) is 4.55. The molecule has 2 heterocycles. The highest BCUT2D eigenvalue weighted by Crippen LogP contribution is 2.33. The summed E-state index contributed by atoms with van der Waals surface area (Å²) in [6.07, 6.45) is 0.0537. The van der Waals surface area contributed by atoms with Gasteiger partial charge in [-0.25, -0.2) is 4.90 Å². The molecule has 2 aliphatic heterocycles. The lowest BCUT2D eigenvalue weighted by atomic mass is 10.1. The summed E-state index contributed by atoms with van der Waals surface area (Å²) >= 11 is 0. The Morgan fingerprint density at radius 1 is 0.917 bits per heavy atom. The van der Waals surface area contributed by atoms with Gasteiger partial charge in [0, 0.05) is 18.7 Å². The molecule has 0 unspecified atom stereocenters. The molecule has 0 spiro atoms. The Hall–Kier alpha value is -4.46. The summed E-state index contributed by atoms with van der Waals surface area (Å²) in [5.41, 5.74) is 2.45. The summed E-state index contributed by atoms with van der Waals surface area (Å²) in [4.78, 5) is 53.7. The van der Waals surface area contributed by atoms with Crippen LogP contribution in [0.3, 0.4) is 0 Å². The lowest BCUT2D eigenvalue weighted by Gasteiger charge is -2.18. The van der Waals surface area contributed by atoms with Gasteiger partial charge in [-0.15, -0.1) is 0 Å². The third kappa shape index (κ3) is 4.11. The van der Waals surface area contributed by atoms with E-state index in [4.69, 9.17) is 9.47 Å². The van der Waals surface area contributed by atoms with Crippen LogP contribution in [0, 0.1) is 12.8 Å². The van der Waals surface area contributed by atoms with Gasteiger partial charge in [-0.3, -0.25) is 19.2 Å². The van der Waals surface area contributed by atoms with Crippen molar-refractivity contribution in [3.63, 3.8) is 0 Å². The van der Waals surface area contributed by atoms with Crippen molar-refractivity contribution in [3.8, 4) is 11.5 Å². The summed E-state index contributed by atoms with van der Waals surface area (Å²) in [6.45, 7) is 4.41. The van der Waals surface area contributed by atoms with Crippen molar-refractivity contribution < 1.29 is 28.7 Å². The molecule has 5 rings (SSSR count). The van der Waals surface area contributed by atoms with Crippen molar-refractivity contribution in [2.45, 2.75) is 20.3 Å². The second-order valence-corrected chi connectivity index (χ2v) is 8.69. The first-order valence-corrected chi connectivity index (χ1v) is 11.7. The number of imide groups is 1. The summed E-state index contributed by atoms with van der Waals surface area (Å²) in [5, 5.41) is 0. The molecule has 36 heavy (non-hydrogen) atoms. The standard InChI is InChI=1S/C28H24N2O6/c1-3-35-20-10-8-19(9-11-20)29-16-18(15-25(29)31)28(34)36-21-12-13-24(17(2)14-21)30-26(32)22-6-4-5-7-23(22)27(30)33/h4-14,18H,3,15-16H2,1-2H3/t18-/m1/s1. The van der Waals surface area contributed by atoms with Crippen molar-refractivity contribution in [1.29, 1.82) is 0 Å². The predicted octanol–water partition coefficient (Wildman–Crippen LogP) is 4.15. The zero-order chi connectivity index (χ0) is 25.4. The number of aryl methyl sites for hydroxylation is 1. The molecule has 2 aliphatic rings. The topological polar surface area (TPSA) is 93.2 Å². The van der Waals surface area contributed by atoms with Gasteiger partial charge in [0.1, 0.15) is 11.5 Å². The van der Waals surface area contributed by atoms with Crippen LogP contribution in [-0.2, 0) is 9.59 Å². The number of benzene rings is 3. The zero-order valence-electron chi connectivity index (χ0n) is 19.9. The molecule has 0 aliphatic carbocycles. The van der Waals surface area contributed by atoms with Gasteiger partial charge in [0.2, 0.25) is 5.91 Å². The first kappa shape index (κ1) is 23.3. The van der Waals surface area contributed by atoms with E-state index in [1.54, 1.807) is 78.6 Å². The summed E-state index contributed by atoms with van der Waals surface area (Å²) in [7, 11) is 0. The van der Waals surface area contributed by atoms with Gasteiger partial charge in [-0.2, -0.15) is 0 Å². The third-order valence-electron chi connectivity index (χ3n) is 6.34. The Kier molecular flexibility index (Phi) is 6.01. The van der Waals surface area contributed by atoms with E-state index in [1.165, 1.54) is 0 Å². The Morgan fingerprint density at radius 2 is 1.56 bits per heavy atom. The highest BCUT2D eigenvalue weighted by Gasteiger charge is 2.38. The van der Waals surface area contributed by atoms with Crippen LogP contribution in [0.5, 0.6) is 11.5 Å². The van der Waals surface area contributed by atoms with E-state index in [0.717, 1.165) is 4.90 Å². The molecule has 182 valence electrons. The molecule has 0 radical (unpaired) electrons. The van der Waals surface area contributed by atoms with E-state index < -0.39 is 11.9 Å². The Bertz CT molecular complexity index is 1350. The molecule has 3 aromatic carbocycles. The summed E-state index contributed by atoms with van der Waals surface area (Å²) < 4.78 is 11.0. The minimum absolute atomic E-state index is 0.0537. The highest BCUT2D eigenvalue weighted by atomic mass is 16.5. The molecule has 8 nitrogen and oxygen atoms in total. The molecule has 0 saturated carbocycles. The number of amides is 3. The largest absolute Gasteiger partial charge is 0.494 e. The summed E-state index contributed by atoms with van der Waals surface area (Å²) in [6, 6.07) is 18.6. The normalized spacial score (nSPS) is 16.9. The number of hydrogen-bond donors (Lipinski definition) is 0. The van der Waals surface area contributed by atoms with Crippen molar-refractivity contribution in [2.75, 3.05) is 23.0 Å². The van der Waals surface area contributed by atoms with Gasteiger partial charge in [0.25, 0.3) is 11.8 Å². The first-order chi connectivity index (χ1) is 17.4. The van der Waals surface area contributed by atoms with E-state index in [2.05, 4.69) is 0 Å². The molecule has 1 saturated heterocycles. The van der Waals surface area contributed by atoms with E-state index in [0.29, 0.717) is 40.4 Å². The Labute approximate surface area is 208 Å². The summed E-state index contributed by atoms with van der Waals surface area (Å²) in [5.74, 6) is -1.05. The quantitative estimate of drug-likeness (QED) is 0.296. The molecule has 1 atom stereocenters. The van der Waals surface area contributed by atoms with Gasteiger partial charge < -0.3 is 14.4 Å². The van der Waals surface area contributed by atoms with Crippen molar-refractivity contribution in [2.24, 2.45) is 5.92 Å². The van der Waals surface area contributed by atoms with Gasteiger partial charge >= 0.3 is 5.97 Å². The number of ether oxygens (including phenoxy) is 2. The smallest absolute Gasteiger partial charge is 0.316 e. The fraction of sp³-hybridized carbons (Fsp3) is 0.214. The minimum atomic E-state index is -0.611. The second-order valence-electron chi connectivity index (χ2n) is 8.69. The molecular formula is C28H24N2O6. The number of carbonyl (C=O) groups is 4. The number of hydrogen-bond acceptors (Lipinski definition) is 6. The predicted molar refractivity (Wildman–Crippen MR) is 132 cm³/mol. The highest BCUT2D eigenvalue weighted by molar-refractivity contribution is 6.34. The average Bonchev–Trinajstić information content (AvgIpc) is 3.38. The fourth-order valence-corrected chi connectivity index (χ4v) is 4.55. The number of esters is 1. The van der Waals surface area contributed by atoms with Gasteiger partial charge in [-0.05, 0) is 74.0 Å². The van der Waals surface area contributed by atoms with Crippen LogP contribution in [0.2, 0.25) is 0 Å². The third-order valence-corrected chi connectivity index (χ3v) is 6.34. The van der Waals surface area contributed by atoms with Crippen LogP contribution in [-0.4, -0.2) is 36.8 Å². The molecule has 3 aromatic rings. The number of rotatable bonds is 6. The lowest BCUT2D eigenvalue weighted by Crippen LogP contribution is -2.30. The van der Waals surface area contributed by atoms with Crippen LogP contribution in [0.1, 0.15) is 39.6 Å². The van der Waals surface area contributed by atoms with E-state index in [1.807, 2.05) is 6.92 Å². The maximum atomic E-state index is 12.8. The van der Waals surface area contributed by atoms with E-state index in [9.17, 15) is 19.2 Å². The van der Waals surface area contributed by atoms with Gasteiger partial charge in [-0.1, -0.05) is 12.1 Å². The first-order valence-electron chi connectivity index (χ1n) is 11.7. The number of carbonyl (C=O) groups excluding carboxylic acids is 4. The van der Waals surface area contributed by atoms with Crippen LogP contribution < -0.4 is 19.3 Å². The molecule has 0 N–H and O–H groups in total. The van der Waals surface area contributed by atoms with Crippen LogP contribution in [0.25, 0.3) is 0 Å². The van der Waals surface area contributed by atoms with Crippen molar-refractivity contribution in [1.82, 2.24) is 0 Å². The number of anilines is 2. The zero-order valence-corrected chi connectivity index (χ0v) is 19.9. The SMILES string of the molecule is CCOc1ccc(N2C[C@H](C(=O)Oc3ccc(N4C(=O)c5ccccc5C4=O)c(C)c3)CC2=O)cc1. The molecule has 8 heteroatoms. The maximum absolute atomic E-state index is 12.8. The monoisotopic (exact) mass is 484 g/mol. The molecular weight excluding hydrogens is 460 g/mol. The lowest BCUT2D eigenvalue weighted by molar-refractivity contribution is -0.139. The van der Waals surface area contributed by atoms with Crippen LogP contribution in [0.4, 0.5) is 11.4 Å². The van der Waals surface area contributed by atoms with E-state index in [-0.39, 0.29) is 36.4 Å². The second kappa shape index (κ2) is 9.30. The van der Waals surface area contributed by atoms with Gasteiger partial charge in [0.15, 0.2) is 0 Å². The van der Waals surface area contributed by atoms with Crippen molar-refractivity contribution in [3.05, 3.63) is 83.4 Å². The van der Waals surface area contributed by atoms with E-state index >= 15 is 0 Å². The molecule has 3 amide bonds. The Morgan fingerprint density at radius 3 is 2.17 bits per heavy atom. The molecule has 0 bridgehead atoms. The molecule has 0 aromatic heterocycles. The van der Waals surface area contributed by atoms with Crippen LogP contribution >= 0.6 is 0 Å². The van der Waals surface area contributed by atoms with Crippen LogP contribution in [0.15, 0.2) is 66.7 Å².